The first-order chi connectivity index (χ1) is 9.08. The SMILES string of the molecule is Cn1ccnc1CNCc1ccc(C(N)=O)cc1Cl. The van der Waals surface area contributed by atoms with Gasteiger partial charge in [-0.05, 0) is 17.7 Å². The first kappa shape index (κ1) is 13.6. The molecule has 100 valence electrons. The molecule has 1 aromatic carbocycles. The third kappa shape index (κ3) is 3.33. The summed E-state index contributed by atoms with van der Waals surface area (Å²) >= 11 is 6.10. The molecule has 0 spiro atoms. The lowest BCUT2D eigenvalue weighted by Crippen LogP contribution is -2.16. The molecule has 1 heterocycles. The number of carbonyl (C=O) groups excluding carboxylic acids is 1. The van der Waals surface area contributed by atoms with E-state index in [2.05, 4.69) is 10.3 Å². The van der Waals surface area contributed by atoms with Crippen molar-refractivity contribution in [3.8, 4) is 0 Å². The summed E-state index contributed by atoms with van der Waals surface area (Å²) in [7, 11) is 1.94. The first-order valence-corrected chi connectivity index (χ1v) is 6.21. The molecule has 0 radical (unpaired) electrons. The van der Waals surface area contributed by atoms with Crippen molar-refractivity contribution in [3.05, 3.63) is 52.6 Å². The summed E-state index contributed by atoms with van der Waals surface area (Å²) in [4.78, 5) is 15.2. The molecule has 0 fully saturated rings. The molecule has 3 N–H and O–H groups in total. The Morgan fingerprint density at radius 1 is 1.47 bits per heavy atom. The Hall–Kier alpha value is -1.85. The van der Waals surface area contributed by atoms with Gasteiger partial charge in [0.1, 0.15) is 5.82 Å². The van der Waals surface area contributed by atoms with Crippen LogP contribution < -0.4 is 11.1 Å². The molecule has 1 aromatic heterocycles. The topological polar surface area (TPSA) is 72.9 Å². The smallest absolute Gasteiger partial charge is 0.248 e. The number of nitrogens with two attached hydrogens (primary N) is 1. The summed E-state index contributed by atoms with van der Waals surface area (Å²) in [5.74, 6) is 0.472. The van der Waals surface area contributed by atoms with Crippen LogP contribution in [0.5, 0.6) is 0 Å². The lowest BCUT2D eigenvalue weighted by molar-refractivity contribution is 0.100. The van der Waals surface area contributed by atoms with Gasteiger partial charge < -0.3 is 15.6 Å². The highest BCUT2D eigenvalue weighted by molar-refractivity contribution is 6.31. The van der Waals surface area contributed by atoms with Gasteiger partial charge in [-0.3, -0.25) is 4.79 Å². The second-order valence-corrected chi connectivity index (χ2v) is 4.64. The van der Waals surface area contributed by atoms with Gasteiger partial charge in [0, 0.05) is 36.6 Å². The van der Waals surface area contributed by atoms with E-state index >= 15 is 0 Å². The number of aromatic nitrogens is 2. The predicted octanol–water partition coefficient (Wildman–Crippen LogP) is 1.46. The van der Waals surface area contributed by atoms with Crippen LogP contribution in [-0.4, -0.2) is 15.5 Å². The molecule has 2 aromatic rings. The van der Waals surface area contributed by atoms with E-state index in [9.17, 15) is 4.79 Å². The van der Waals surface area contributed by atoms with Crippen molar-refractivity contribution in [2.24, 2.45) is 12.8 Å². The number of benzene rings is 1. The normalized spacial score (nSPS) is 10.6. The minimum absolute atomic E-state index is 0.415. The molecule has 6 heteroatoms. The Morgan fingerprint density at radius 2 is 2.26 bits per heavy atom. The number of primary amides is 1. The highest BCUT2D eigenvalue weighted by Crippen LogP contribution is 2.17. The maximum Gasteiger partial charge on any atom is 0.248 e. The van der Waals surface area contributed by atoms with Gasteiger partial charge in [-0.15, -0.1) is 0 Å². The van der Waals surface area contributed by atoms with Crippen molar-refractivity contribution in [2.45, 2.75) is 13.1 Å². The number of carbonyl (C=O) groups is 1. The lowest BCUT2D eigenvalue weighted by Gasteiger charge is -2.08. The Labute approximate surface area is 116 Å². The van der Waals surface area contributed by atoms with Crippen LogP contribution in [0.3, 0.4) is 0 Å². The summed E-state index contributed by atoms with van der Waals surface area (Å²) in [6, 6.07) is 5.06. The van der Waals surface area contributed by atoms with Crippen molar-refractivity contribution in [3.63, 3.8) is 0 Å². The zero-order chi connectivity index (χ0) is 13.8. The van der Waals surface area contributed by atoms with Crippen LogP contribution in [0.4, 0.5) is 0 Å². The van der Waals surface area contributed by atoms with E-state index in [-0.39, 0.29) is 0 Å². The molecule has 0 saturated carbocycles. The highest BCUT2D eigenvalue weighted by atomic mass is 35.5. The van der Waals surface area contributed by atoms with E-state index in [0.717, 1.165) is 11.4 Å². The Kier molecular flexibility index (Phi) is 4.19. The second-order valence-electron chi connectivity index (χ2n) is 4.23. The van der Waals surface area contributed by atoms with Crippen LogP contribution in [0, 0.1) is 0 Å². The number of rotatable bonds is 5. The van der Waals surface area contributed by atoms with E-state index in [1.807, 2.05) is 17.8 Å². The fourth-order valence-corrected chi connectivity index (χ4v) is 1.97. The van der Waals surface area contributed by atoms with Gasteiger partial charge in [-0.2, -0.15) is 0 Å². The average Bonchev–Trinajstić information content (AvgIpc) is 2.77. The number of amides is 1. The van der Waals surface area contributed by atoms with Gasteiger partial charge in [-0.25, -0.2) is 4.98 Å². The predicted molar refractivity (Wildman–Crippen MR) is 73.7 cm³/mol. The standard InChI is InChI=1S/C13H15ClN4O/c1-18-5-4-17-12(18)8-16-7-10-3-2-9(13(15)19)6-11(10)14/h2-6,16H,7-8H2,1H3,(H2,15,19). The summed E-state index contributed by atoms with van der Waals surface area (Å²) in [6.07, 6.45) is 3.65. The molecule has 0 bridgehead atoms. The fraction of sp³-hybridized carbons (Fsp3) is 0.231. The molecular formula is C13H15ClN4O. The Balaban J connectivity index is 1.96. The molecule has 2 rings (SSSR count). The van der Waals surface area contributed by atoms with Crippen LogP contribution in [0.25, 0.3) is 0 Å². The second kappa shape index (κ2) is 5.86. The molecule has 0 unspecified atom stereocenters. The van der Waals surface area contributed by atoms with E-state index in [0.29, 0.717) is 23.7 Å². The number of aryl methyl sites for hydroxylation is 1. The van der Waals surface area contributed by atoms with Crippen LogP contribution >= 0.6 is 11.6 Å². The quantitative estimate of drug-likeness (QED) is 0.870. The van der Waals surface area contributed by atoms with Gasteiger partial charge in [0.05, 0.1) is 6.54 Å². The average molecular weight is 279 g/mol. The minimum Gasteiger partial charge on any atom is -0.366 e. The molecule has 0 aliphatic carbocycles. The van der Waals surface area contributed by atoms with Gasteiger partial charge in [0.2, 0.25) is 5.91 Å². The number of nitrogens with zero attached hydrogens (tertiary/aromatic N) is 2. The molecule has 0 aliphatic rings. The minimum atomic E-state index is -0.477. The lowest BCUT2D eigenvalue weighted by atomic mass is 10.1. The molecule has 0 atom stereocenters. The third-order valence-corrected chi connectivity index (χ3v) is 3.21. The van der Waals surface area contributed by atoms with Crippen LogP contribution in [0.1, 0.15) is 21.7 Å². The van der Waals surface area contributed by atoms with Crippen molar-refractivity contribution in [1.29, 1.82) is 0 Å². The van der Waals surface area contributed by atoms with Gasteiger partial charge >= 0.3 is 0 Å². The van der Waals surface area contributed by atoms with Crippen molar-refractivity contribution in [2.75, 3.05) is 0 Å². The summed E-state index contributed by atoms with van der Waals surface area (Å²) in [5, 5.41) is 3.78. The fourth-order valence-electron chi connectivity index (χ4n) is 1.72. The Morgan fingerprint density at radius 3 is 2.84 bits per heavy atom. The zero-order valence-corrected chi connectivity index (χ0v) is 11.3. The molecule has 19 heavy (non-hydrogen) atoms. The van der Waals surface area contributed by atoms with E-state index in [1.165, 1.54) is 0 Å². The number of imidazole rings is 1. The maximum absolute atomic E-state index is 11.0. The van der Waals surface area contributed by atoms with Crippen molar-refractivity contribution in [1.82, 2.24) is 14.9 Å². The number of hydrogen-bond donors (Lipinski definition) is 2. The van der Waals surface area contributed by atoms with Gasteiger partial charge in [0.25, 0.3) is 0 Å². The molecule has 1 amide bonds. The monoisotopic (exact) mass is 278 g/mol. The number of hydrogen-bond acceptors (Lipinski definition) is 3. The van der Waals surface area contributed by atoms with E-state index < -0.39 is 5.91 Å². The highest BCUT2D eigenvalue weighted by Gasteiger charge is 2.06. The van der Waals surface area contributed by atoms with Gasteiger partial charge in [0.15, 0.2) is 0 Å². The summed E-state index contributed by atoms with van der Waals surface area (Å²) < 4.78 is 1.95. The van der Waals surface area contributed by atoms with E-state index in [1.54, 1.807) is 24.4 Å². The third-order valence-electron chi connectivity index (χ3n) is 2.86. The first-order valence-electron chi connectivity index (χ1n) is 5.83. The van der Waals surface area contributed by atoms with Crippen LogP contribution in [-0.2, 0) is 20.1 Å². The van der Waals surface area contributed by atoms with Crippen molar-refractivity contribution < 1.29 is 4.79 Å². The van der Waals surface area contributed by atoms with Gasteiger partial charge in [-0.1, -0.05) is 17.7 Å². The zero-order valence-electron chi connectivity index (χ0n) is 10.6. The summed E-state index contributed by atoms with van der Waals surface area (Å²) in [5.41, 5.74) is 6.52. The summed E-state index contributed by atoms with van der Waals surface area (Å²) in [6.45, 7) is 1.25. The maximum atomic E-state index is 11.0. The van der Waals surface area contributed by atoms with Crippen molar-refractivity contribution >= 4 is 17.5 Å². The largest absolute Gasteiger partial charge is 0.366 e. The Bertz CT molecular complexity index is 594. The van der Waals surface area contributed by atoms with E-state index in [4.69, 9.17) is 17.3 Å². The molecular weight excluding hydrogens is 264 g/mol. The van der Waals surface area contributed by atoms with Crippen LogP contribution in [0.2, 0.25) is 5.02 Å². The van der Waals surface area contributed by atoms with Crippen LogP contribution in [0.15, 0.2) is 30.6 Å². The molecule has 5 nitrogen and oxygen atoms in total. The number of halogens is 1. The molecule has 0 aliphatic heterocycles. The molecule has 0 saturated heterocycles. The number of nitrogens with one attached hydrogen (secondary N) is 1.